The zero-order valence-electron chi connectivity index (χ0n) is 17.3. The molecule has 0 aliphatic heterocycles. The zero-order valence-corrected chi connectivity index (χ0v) is 17.3. The van der Waals surface area contributed by atoms with Crippen LogP contribution in [0.15, 0.2) is 54.6 Å². The number of hydrogen-bond donors (Lipinski definition) is 1. The van der Waals surface area contributed by atoms with E-state index in [1.807, 2.05) is 43.3 Å². The number of methoxy groups -OCH3 is 1. The standard InChI is InChI=1S/C23H26N4O2/c1-5-27(15-18-9-7-6-8-10-18)22-14-20(24-17(3)25-22)23(28)26-19-13-16(2)11-12-21(19)29-4/h6-14H,5,15H2,1-4H3,(H,26,28). The molecule has 0 aliphatic rings. The van der Waals surface area contributed by atoms with Crippen molar-refractivity contribution in [3.8, 4) is 5.75 Å². The third-order valence-electron chi connectivity index (χ3n) is 4.58. The topological polar surface area (TPSA) is 67.4 Å². The molecule has 1 heterocycles. The Morgan fingerprint density at radius 1 is 1.07 bits per heavy atom. The molecule has 0 spiro atoms. The number of rotatable bonds is 7. The van der Waals surface area contributed by atoms with Crippen molar-refractivity contribution in [2.45, 2.75) is 27.3 Å². The highest BCUT2D eigenvalue weighted by atomic mass is 16.5. The van der Waals surface area contributed by atoms with Crippen LogP contribution in [-0.2, 0) is 6.54 Å². The van der Waals surface area contributed by atoms with E-state index in [1.165, 1.54) is 5.56 Å². The van der Waals surface area contributed by atoms with E-state index in [9.17, 15) is 4.79 Å². The van der Waals surface area contributed by atoms with Gasteiger partial charge >= 0.3 is 0 Å². The fourth-order valence-corrected chi connectivity index (χ4v) is 3.09. The van der Waals surface area contributed by atoms with Crippen molar-refractivity contribution < 1.29 is 9.53 Å². The van der Waals surface area contributed by atoms with Crippen molar-refractivity contribution in [1.29, 1.82) is 0 Å². The number of ether oxygens (including phenoxy) is 1. The first-order valence-electron chi connectivity index (χ1n) is 9.60. The first-order valence-corrected chi connectivity index (χ1v) is 9.60. The lowest BCUT2D eigenvalue weighted by Gasteiger charge is -2.23. The number of anilines is 2. The van der Waals surface area contributed by atoms with Crippen LogP contribution in [-0.4, -0.2) is 29.5 Å². The Labute approximate surface area is 171 Å². The zero-order chi connectivity index (χ0) is 20.8. The number of amides is 1. The summed E-state index contributed by atoms with van der Waals surface area (Å²) in [6, 6.07) is 17.6. The lowest BCUT2D eigenvalue weighted by atomic mass is 10.2. The Bertz CT molecular complexity index is 989. The minimum Gasteiger partial charge on any atom is -0.495 e. The normalized spacial score (nSPS) is 10.5. The largest absolute Gasteiger partial charge is 0.495 e. The Morgan fingerprint density at radius 3 is 2.52 bits per heavy atom. The molecule has 0 bridgehead atoms. The molecule has 150 valence electrons. The number of nitrogens with one attached hydrogen (secondary N) is 1. The number of aryl methyl sites for hydroxylation is 2. The second-order valence-corrected chi connectivity index (χ2v) is 6.82. The van der Waals surface area contributed by atoms with E-state index in [0.717, 1.165) is 17.9 Å². The van der Waals surface area contributed by atoms with Gasteiger partial charge in [-0.05, 0) is 44.0 Å². The molecule has 2 aromatic carbocycles. The van der Waals surface area contributed by atoms with Crippen LogP contribution in [0.4, 0.5) is 11.5 Å². The molecular weight excluding hydrogens is 364 g/mol. The minimum absolute atomic E-state index is 0.295. The summed E-state index contributed by atoms with van der Waals surface area (Å²) in [5.74, 6) is 1.59. The summed E-state index contributed by atoms with van der Waals surface area (Å²) in [7, 11) is 1.58. The maximum absolute atomic E-state index is 12.9. The maximum Gasteiger partial charge on any atom is 0.274 e. The Balaban J connectivity index is 1.86. The SMILES string of the molecule is CCN(Cc1ccccc1)c1cc(C(=O)Nc2cc(C)ccc2OC)nc(C)n1. The summed E-state index contributed by atoms with van der Waals surface area (Å²) in [5.41, 5.74) is 3.15. The Morgan fingerprint density at radius 2 is 1.83 bits per heavy atom. The molecule has 0 unspecified atom stereocenters. The van der Waals surface area contributed by atoms with Crippen LogP contribution in [0.3, 0.4) is 0 Å². The summed E-state index contributed by atoms with van der Waals surface area (Å²) in [4.78, 5) is 23.9. The van der Waals surface area contributed by atoms with Gasteiger partial charge in [0.1, 0.15) is 23.1 Å². The summed E-state index contributed by atoms with van der Waals surface area (Å²) in [6.45, 7) is 7.30. The second-order valence-electron chi connectivity index (χ2n) is 6.82. The molecule has 1 N–H and O–H groups in total. The number of benzene rings is 2. The van der Waals surface area contributed by atoms with Crippen molar-refractivity contribution in [2.75, 3.05) is 23.9 Å². The minimum atomic E-state index is -0.295. The molecule has 0 atom stereocenters. The number of carbonyl (C=O) groups excluding carboxylic acids is 1. The third kappa shape index (κ3) is 5.10. The van der Waals surface area contributed by atoms with Gasteiger partial charge in [-0.25, -0.2) is 9.97 Å². The van der Waals surface area contributed by atoms with E-state index in [-0.39, 0.29) is 5.91 Å². The molecule has 3 aromatic rings. The predicted molar refractivity (Wildman–Crippen MR) is 116 cm³/mol. The molecule has 3 rings (SSSR count). The van der Waals surface area contributed by atoms with E-state index in [1.54, 1.807) is 20.1 Å². The van der Waals surface area contributed by atoms with Crippen LogP contribution in [0.25, 0.3) is 0 Å². The molecule has 1 aromatic heterocycles. The third-order valence-corrected chi connectivity index (χ3v) is 4.58. The van der Waals surface area contributed by atoms with Gasteiger partial charge in [0.15, 0.2) is 0 Å². The molecule has 29 heavy (non-hydrogen) atoms. The molecule has 0 saturated carbocycles. The summed E-state index contributed by atoms with van der Waals surface area (Å²) >= 11 is 0. The van der Waals surface area contributed by atoms with Crippen molar-refractivity contribution in [3.63, 3.8) is 0 Å². The lowest BCUT2D eigenvalue weighted by molar-refractivity contribution is 0.102. The van der Waals surface area contributed by atoms with E-state index in [0.29, 0.717) is 29.5 Å². The van der Waals surface area contributed by atoms with Crippen LogP contribution in [0.1, 0.15) is 34.4 Å². The number of hydrogen-bond acceptors (Lipinski definition) is 5. The van der Waals surface area contributed by atoms with Crippen molar-refractivity contribution in [1.82, 2.24) is 9.97 Å². The average Bonchev–Trinajstić information content (AvgIpc) is 2.72. The van der Waals surface area contributed by atoms with Gasteiger partial charge in [-0.3, -0.25) is 4.79 Å². The quantitative estimate of drug-likeness (QED) is 0.648. The summed E-state index contributed by atoms with van der Waals surface area (Å²) in [6.07, 6.45) is 0. The van der Waals surface area contributed by atoms with Crippen LogP contribution < -0.4 is 15.0 Å². The van der Waals surface area contributed by atoms with Crippen molar-refractivity contribution in [3.05, 3.63) is 77.2 Å². The van der Waals surface area contributed by atoms with E-state index in [4.69, 9.17) is 4.74 Å². The van der Waals surface area contributed by atoms with Crippen molar-refractivity contribution >= 4 is 17.4 Å². The monoisotopic (exact) mass is 390 g/mol. The van der Waals surface area contributed by atoms with Gasteiger partial charge in [0.05, 0.1) is 12.8 Å². The Kier molecular flexibility index (Phi) is 6.44. The fourth-order valence-electron chi connectivity index (χ4n) is 3.09. The average molecular weight is 390 g/mol. The molecule has 6 nitrogen and oxygen atoms in total. The van der Waals surface area contributed by atoms with Crippen LogP contribution in [0.2, 0.25) is 0 Å². The summed E-state index contributed by atoms with van der Waals surface area (Å²) < 4.78 is 5.35. The molecule has 0 saturated heterocycles. The lowest BCUT2D eigenvalue weighted by Crippen LogP contribution is -2.25. The number of aromatic nitrogens is 2. The van der Waals surface area contributed by atoms with E-state index in [2.05, 4.69) is 39.2 Å². The van der Waals surface area contributed by atoms with Crippen LogP contribution >= 0.6 is 0 Å². The van der Waals surface area contributed by atoms with Gasteiger partial charge in [0.2, 0.25) is 0 Å². The maximum atomic E-state index is 12.9. The van der Waals surface area contributed by atoms with E-state index >= 15 is 0 Å². The fraction of sp³-hybridized carbons (Fsp3) is 0.261. The molecule has 6 heteroatoms. The molecule has 0 fully saturated rings. The predicted octanol–water partition coefficient (Wildman–Crippen LogP) is 4.38. The molecule has 0 radical (unpaired) electrons. The second kappa shape index (κ2) is 9.19. The van der Waals surface area contributed by atoms with E-state index < -0.39 is 0 Å². The van der Waals surface area contributed by atoms with Crippen LogP contribution in [0, 0.1) is 13.8 Å². The van der Waals surface area contributed by atoms with Gasteiger partial charge in [0, 0.05) is 19.2 Å². The first-order chi connectivity index (χ1) is 14.0. The first kappa shape index (κ1) is 20.3. The van der Waals surface area contributed by atoms with Gasteiger partial charge in [-0.2, -0.15) is 0 Å². The van der Waals surface area contributed by atoms with Crippen LogP contribution in [0.5, 0.6) is 5.75 Å². The highest BCUT2D eigenvalue weighted by Crippen LogP contribution is 2.26. The van der Waals surface area contributed by atoms with Crippen molar-refractivity contribution in [2.24, 2.45) is 0 Å². The Hall–Kier alpha value is -3.41. The number of nitrogens with zero attached hydrogens (tertiary/aromatic N) is 3. The van der Waals surface area contributed by atoms with Gasteiger partial charge in [-0.15, -0.1) is 0 Å². The molecule has 1 amide bonds. The smallest absolute Gasteiger partial charge is 0.274 e. The number of carbonyl (C=O) groups is 1. The van der Waals surface area contributed by atoms with Gasteiger partial charge in [0.25, 0.3) is 5.91 Å². The molecular formula is C23H26N4O2. The highest BCUT2D eigenvalue weighted by Gasteiger charge is 2.16. The van der Waals surface area contributed by atoms with Gasteiger partial charge < -0.3 is 15.0 Å². The van der Waals surface area contributed by atoms with Gasteiger partial charge in [-0.1, -0.05) is 36.4 Å². The summed E-state index contributed by atoms with van der Waals surface area (Å²) in [5, 5.41) is 2.91. The highest BCUT2D eigenvalue weighted by molar-refractivity contribution is 6.04. The molecule has 0 aliphatic carbocycles.